The first-order valence-electron chi connectivity index (χ1n) is 6.94. The first-order chi connectivity index (χ1) is 9.10. The van der Waals surface area contributed by atoms with Gasteiger partial charge in [0.05, 0.1) is 6.61 Å². The lowest BCUT2D eigenvalue weighted by molar-refractivity contribution is 0.302. The number of nitrogens with zero attached hydrogens (tertiary/aromatic N) is 1. The molecule has 0 aliphatic rings. The zero-order valence-corrected chi connectivity index (χ0v) is 12.9. The second-order valence-corrected chi connectivity index (χ2v) is 5.47. The van der Waals surface area contributed by atoms with E-state index in [2.05, 4.69) is 37.1 Å². The number of aliphatic hydroxyl groups is 1. The topological polar surface area (TPSA) is 35.5 Å². The Bertz CT molecular complexity index is 382. The molecule has 1 rings (SSSR count). The van der Waals surface area contributed by atoms with E-state index in [1.165, 1.54) is 0 Å². The van der Waals surface area contributed by atoms with Gasteiger partial charge in [-0.1, -0.05) is 31.5 Å². The third-order valence-corrected chi connectivity index (χ3v) is 3.39. The standard InChI is InChI=1S/C15H25ClN2O/c1-4-18(8-9-19)15-7-5-6-14(16)13(15)11-17-10-12(2)3/h5-7,12,17,19H,4,8-11H2,1-3H3. The fraction of sp³-hybridized carbons (Fsp3) is 0.600. The maximum atomic E-state index is 9.15. The molecule has 3 nitrogen and oxygen atoms in total. The van der Waals surface area contributed by atoms with Crippen LogP contribution in [0.2, 0.25) is 5.02 Å². The first-order valence-corrected chi connectivity index (χ1v) is 7.31. The van der Waals surface area contributed by atoms with Gasteiger partial charge in [-0.25, -0.2) is 0 Å². The average molecular weight is 285 g/mol. The van der Waals surface area contributed by atoms with Gasteiger partial charge in [0.2, 0.25) is 0 Å². The van der Waals surface area contributed by atoms with E-state index < -0.39 is 0 Å². The monoisotopic (exact) mass is 284 g/mol. The molecule has 1 aromatic carbocycles. The number of benzene rings is 1. The van der Waals surface area contributed by atoms with Crippen molar-refractivity contribution in [3.8, 4) is 0 Å². The smallest absolute Gasteiger partial charge is 0.0606 e. The largest absolute Gasteiger partial charge is 0.395 e. The Balaban J connectivity index is 2.87. The summed E-state index contributed by atoms with van der Waals surface area (Å²) in [7, 11) is 0. The molecule has 0 unspecified atom stereocenters. The molecule has 0 saturated carbocycles. The molecule has 1 aromatic rings. The average Bonchev–Trinajstić information content (AvgIpc) is 2.37. The first kappa shape index (κ1) is 16.3. The summed E-state index contributed by atoms with van der Waals surface area (Å²) >= 11 is 6.32. The minimum Gasteiger partial charge on any atom is -0.395 e. The Hall–Kier alpha value is -0.770. The fourth-order valence-electron chi connectivity index (χ4n) is 2.07. The molecule has 0 spiro atoms. The molecule has 0 aliphatic carbocycles. The lowest BCUT2D eigenvalue weighted by Crippen LogP contribution is -2.28. The zero-order chi connectivity index (χ0) is 14.3. The maximum Gasteiger partial charge on any atom is 0.0606 e. The summed E-state index contributed by atoms with van der Waals surface area (Å²) in [5, 5.41) is 13.4. The Morgan fingerprint density at radius 3 is 2.68 bits per heavy atom. The van der Waals surface area contributed by atoms with Crippen molar-refractivity contribution in [3.05, 3.63) is 28.8 Å². The van der Waals surface area contributed by atoms with Crippen molar-refractivity contribution >= 4 is 17.3 Å². The Labute approximate surface area is 121 Å². The van der Waals surface area contributed by atoms with E-state index in [0.717, 1.165) is 35.9 Å². The highest BCUT2D eigenvalue weighted by molar-refractivity contribution is 6.31. The number of nitrogens with one attached hydrogen (secondary N) is 1. The predicted octanol–water partition coefficient (Wildman–Crippen LogP) is 2.90. The lowest BCUT2D eigenvalue weighted by Gasteiger charge is -2.26. The SMILES string of the molecule is CCN(CCO)c1cccc(Cl)c1CNCC(C)C. The van der Waals surface area contributed by atoms with Crippen molar-refractivity contribution in [2.45, 2.75) is 27.3 Å². The summed E-state index contributed by atoms with van der Waals surface area (Å²) < 4.78 is 0. The van der Waals surface area contributed by atoms with Gasteiger partial charge in [0.1, 0.15) is 0 Å². The molecule has 4 heteroatoms. The molecule has 2 N–H and O–H groups in total. The van der Waals surface area contributed by atoms with E-state index in [0.29, 0.717) is 12.5 Å². The summed E-state index contributed by atoms with van der Waals surface area (Å²) in [5.41, 5.74) is 2.22. The third kappa shape index (κ3) is 5.01. The summed E-state index contributed by atoms with van der Waals surface area (Å²) in [6.45, 7) is 9.83. The van der Waals surface area contributed by atoms with Crippen LogP contribution in [0.3, 0.4) is 0 Å². The van der Waals surface area contributed by atoms with Crippen molar-refractivity contribution in [3.63, 3.8) is 0 Å². The Morgan fingerprint density at radius 2 is 2.11 bits per heavy atom. The highest BCUT2D eigenvalue weighted by Gasteiger charge is 2.12. The van der Waals surface area contributed by atoms with E-state index >= 15 is 0 Å². The molecule has 0 amide bonds. The molecule has 0 heterocycles. The van der Waals surface area contributed by atoms with Crippen LogP contribution in [0.15, 0.2) is 18.2 Å². The molecule has 0 aromatic heterocycles. The third-order valence-electron chi connectivity index (χ3n) is 3.04. The van der Waals surface area contributed by atoms with Gasteiger partial charge in [-0.15, -0.1) is 0 Å². The number of halogens is 1. The Kier molecular flexibility index (Phi) is 7.21. The zero-order valence-electron chi connectivity index (χ0n) is 12.1. The van der Waals surface area contributed by atoms with Crippen LogP contribution in [0.5, 0.6) is 0 Å². The van der Waals surface area contributed by atoms with E-state index in [9.17, 15) is 0 Å². The predicted molar refractivity (Wildman–Crippen MR) is 83.0 cm³/mol. The van der Waals surface area contributed by atoms with Crippen molar-refractivity contribution < 1.29 is 5.11 Å². The van der Waals surface area contributed by atoms with Gasteiger partial charge in [0, 0.05) is 35.9 Å². The van der Waals surface area contributed by atoms with E-state index in [1.54, 1.807) is 0 Å². The van der Waals surface area contributed by atoms with Crippen LogP contribution in [-0.4, -0.2) is 31.3 Å². The Morgan fingerprint density at radius 1 is 1.37 bits per heavy atom. The second-order valence-electron chi connectivity index (χ2n) is 5.07. The van der Waals surface area contributed by atoms with Crippen LogP contribution in [0.1, 0.15) is 26.3 Å². The molecule has 0 saturated heterocycles. The molecular formula is C15H25ClN2O. The van der Waals surface area contributed by atoms with E-state index in [4.69, 9.17) is 16.7 Å². The van der Waals surface area contributed by atoms with Crippen molar-refractivity contribution in [2.24, 2.45) is 5.92 Å². The molecule has 0 aliphatic heterocycles. The molecule has 0 bridgehead atoms. The van der Waals surface area contributed by atoms with Gasteiger partial charge in [0.25, 0.3) is 0 Å². The van der Waals surface area contributed by atoms with Crippen LogP contribution in [0, 0.1) is 5.92 Å². The lowest BCUT2D eigenvalue weighted by atomic mass is 10.1. The van der Waals surface area contributed by atoms with Crippen LogP contribution >= 0.6 is 11.6 Å². The molecule has 0 radical (unpaired) electrons. The summed E-state index contributed by atoms with van der Waals surface area (Å²) in [6, 6.07) is 5.95. The van der Waals surface area contributed by atoms with Crippen LogP contribution < -0.4 is 10.2 Å². The summed E-state index contributed by atoms with van der Waals surface area (Å²) in [6.07, 6.45) is 0. The van der Waals surface area contributed by atoms with Gasteiger partial charge in [-0.3, -0.25) is 0 Å². The molecule has 108 valence electrons. The number of rotatable bonds is 8. The van der Waals surface area contributed by atoms with Gasteiger partial charge >= 0.3 is 0 Å². The molecular weight excluding hydrogens is 260 g/mol. The van der Waals surface area contributed by atoms with Gasteiger partial charge in [-0.05, 0) is 31.5 Å². The molecule has 19 heavy (non-hydrogen) atoms. The minimum atomic E-state index is 0.152. The van der Waals surface area contributed by atoms with Crippen molar-refractivity contribution in [2.75, 3.05) is 31.1 Å². The fourth-order valence-corrected chi connectivity index (χ4v) is 2.31. The number of hydrogen-bond donors (Lipinski definition) is 2. The van der Waals surface area contributed by atoms with Crippen LogP contribution in [0.4, 0.5) is 5.69 Å². The normalized spacial score (nSPS) is 11.1. The van der Waals surface area contributed by atoms with E-state index in [-0.39, 0.29) is 6.61 Å². The molecule has 0 atom stereocenters. The number of aliphatic hydroxyl groups excluding tert-OH is 1. The summed E-state index contributed by atoms with van der Waals surface area (Å²) in [5.74, 6) is 0.616. The number of likely N-dealkylation sites (N-methyl/N-ethyl adjacent to an activating group) is 1. The van der Waals surface area contributed by atoms with Crippen LogP contribution in [0.25, 0.3) is 0 Å². The van der Waals surface area contributed by atoms with Gasteiger partial charge < -0.3 is 15.3 Å². The van der Waals surface area contributed by atoms with Crippen molar-refractivity contribution in [1.29, 1.82) is 0 Å². The van der Waals surface area contributed by atoms with Gasteiger partial charge in [-0.2, -0.15) is 0 Å². The van der Waals surface area contributed by atoms with Crippen LogP contribution in [-0.2, 0) is 6.54 Å². The van der Waals surface area contributed by atoms with Crippen molar-refractivity contribution in [1.82, 2.24) is 5.32 Å². The highest BCUT2D eigenvalue weighted by Crippen LogP contribution is 2.27. The quantitative estimate of drug-likeness (QED) is 0.770. The minimum absolute atomic E-state index is 0.152. The molecule has 0 fully saturated rings. The van der Waals surface area contributed by atoms with E-state index in [1.807, 2.05) is 12.1 Å². The second kappa shape index (κ2) is 8.41. The van der Waals surface area contributed by atoms with Gasteiger partial charge in [0.15, 0.2) is 0 Å². The summed E-state index contributed by atoms with van der Waals surface area (Å²) in [4.78, 5) is 2.15. The maximum absolute atomic E-state index is 9.15. The number of anilines is 1. The number of hydrogen-bond acceptors (Lipinski definition) is 3. The highest BCUT2D eigenvalue weighted by atomic mass is 35.5.